The van der Waals surface area contributed by atoms with Crippen molar-refractivity contribution < 1.29 is 34.1 Å². The van der Waals surface area contributed by atoms with Crippen LogP contribution < -0.4 is 16.9 Å². The zero-order valence-electron chi connectivity index (χ0n) is 26.0. The predicted molar refractivity (Wildman–Crippen MR) is 172 cm³/mol. The Kier molecular flexibility index (Phi) is 12.1. The van der Waals surface area contributed by atoms with Gasteiger partial charge < -0.3 is 40.9 Å². The monoisotopic (exact) mass is 671 g/mol. The lowest BCUT2D eigenvalue weighted by Crippen LogP contribution is -2.39. The number of aliphatic carboxylic acids is 1. The first-order valence-electron chi connectivity index (χ1n) is 15.1. The molecule has 0 bridgehead atoms. The van der Waals surface area contributed by atoms with Crippen LogP contribution in [0.25, 0.3) is 11.1 Å². The second kappa shape index (κ2) is 16.2. The summed E-state index contributed by atoms with van der Waals surface area (Å²) < 4.78 is 12.2. The third-order valence-corrected chi connectivity index (χ3v) is 8.04. The molecule has 6 N–H and O–H groups in total. The fraction of sp³-hybridized carbons (Fsp3) is 0.419. The minimum atomic E-state index is -1.14. The number of carbonyl (C=O) groups is 2. The number of nitrogens with two attached hydrogens (primary N) is 2. The number of carbonyl (C=O) groups excluding carboxylic acids is 1. The van der Waals surface area contributed by atoms with E-state index in [-0.39, 0.29) is 35.5 Å². The number of benzene rings is 2. The average Bonchev–Trinajstić information content (AvgIpc) is 3.76. The van der Waals surface area contributed by atoms with Crippen LogP contribution in [0, 0.1) is 10.1 Å². The summed E-state index contributed by atoms with van der Waals surface area (Å²) in [5, 5.41) is 24.5. The topological polar surface area (TPSA) is 219 Å². The number of hydrogen-bond donors (Lipinski definition) is 4. The number of nitrogens with zero attached hydrogens (tertiary/aromatic N) is 4. The van der Waals surface area contributed by atoms with Crippen molar-refractivity contribution >= 4 is 29.3 Å². The number of amides is 1. The second-order valence-corrected chi connectivity index (χ2v) is 11.4. The second-order valence-electron chi connectivity index (χ2n) is 11.0. The van der Waals surface area contributed by atoms with E-state index in [4.69, 9.17) is 32.7 Å². The first-order chi connectivity index (χ1) is 22.5. The summed E-state index contributed by atoms with van der Waals surface area (Å²) in [4.78, 5) is 42.9. The van der Waals surface area contributed by atoms with Crippen molar-refractivity contribution in [1.82, 2.24) is 14.9 Å². The molecule has 1 aromatic heterocycles. The number of carboxylic acids is 1. The number of nitrogens with one attached hydrogen (secondary N) is 1. The van der Waals surface area contributed by atoms with Gasteiger partial charge in [0.1, 0.15) is 23.7 Å². The zero-order chi connectivity index (χ0) is 34.1. The van der Waals surface area contributed by atoms with E-state index in [1.807, 2.05) is 48.5 Å². The van der Waals surface area contributed by atoms with Gasteiger partial charge in [0.15, 0.2) is 17.1 Å². The number of aromatic nitrogens is 2. The summed E-state index contributed by atoms with van der Waals surface area (Å²) in [5.41, 5.74) is 9.57. The maximum atomic E-state index is 12.9. The van der Waals surface area contributed by atoms with Gasteiger partial charge in [-0.25, -0.2) is 4.98 Å². The summed E-state index contributed by atoms with van der Waals surface area (Å²) in [6.45, 7) is 4.67. The largest absolute Gasteiger partial charge is 0.480 e. The normalized spacial score (nSPS) is 19.3. The van der Waals surface area contributed by atoms with E-state index in [0.717, 1.165) is 41.5 Å². The van der Waals surface area contributed by atoms with E-state index < -0.39 is 29.1 Å². The Balaban J connectivity index is 0.000000345. The van der Waals surface area contributed by atoms with Crippen molar-refractivity contribution in [3.8, 4) is 11.1 Å². The number of aryl methyl sites for hydroxylation is 1. The van der Waals surface area contributed by atoms with Gasteiger partial charge >= 0.3 is 5.97 Å². The predicted octanol–water partition coefficient (Wildman–Crippen LogP) is 3.13. The van der Waals surface area contributed by atoms with Crippen LogP contribution in [0.15, 0.2) is 53.6 Å². The quantitative estimate of drug-likeness (QED) is 0.0720. The van der Waals surface area contributed by atoms with Crippen LogP contribution in [0.2, 0.25) is 5.15 Å². The molecule has 3 aromatic rings. The molecule has 4 atom stereocenters. The Bertz CT molecular complexity index is 1600. The molecule has 15 nitrogen and oxygen atoms in total. The number of halogens is 1. The number of hydrazone groups is 1. The van der Waals surface area contributed by atoms with E-state index in [0.29, 0.717) is 25.4 Å². The number of ether oxygens (including phenoxy) is 2. The Labute approximate surface area is 275 Å². The van der Waals surface area contributed by atoms with Crippen LogP contribution in [-0.4, -0.2) is 75.0 Å². The first kappa shape index (κ1) is 35.1. The highest BCUT2D eigenvalue weighted by Gasteiger charge is 2.43. The highest BCUT2D eigenvalue weighted by Crippen LogP contribution is 2.28. The standard InChI is InChI=1S/C25H29ClN6O3.C6H9NO5/c1-3-4-9-20-30-22(26)21(24(33)29-15(2)25(34)35)32(20)14-16-10-12-17(13-11-16)18-7-5-6-8-19(18)23(27)31-28;8-7(9)12-5-3-11-4-1-2-10-6(4)5/h5-8,10-13,15H,3-4,9,14,28H2,1-2H3,(H2,27,31)(H,29,33)(H,34,35);4-6H,1-3H2/t15-;4-,5?,6+/m01/s1. The van der Waals surface area contributed by atoms with Crippen LogP contribution in [-0.2, 0) is 32.1 Å². The van der Waals surface area contributed by atoms with Gasteiger partial charge in [0.2, 0.25) is 0 Å². The minimum absolute atomic E-state index is 0.00468. The van der Waals surface area contributed by atoms with Crippen LogP contribution >= 0.6 is 11.6 Å². The molecule has 0 aliphatic carbocycles. The third kappa shape index (κ3) is 8.75. The van der Waals surface area contributed by atoms with Crippen molar-refractivity contribution in [3.05, 3.63) is 86.4 Å². The fourth-order valence-corrected chi connectivity index (χ4v) is 5.62. The maximum absolute atomic E-state index is 12.9. The highest BCUT2D eigenvalue weighted by atomic mass is 35.5. The van der Waals surface area contributed by atoms with Crippen molar-refractivity contribution in [3.63, 3.8) is 0 Å². The molecule has 2 aromatic carbocycles. The number of carboxylic acid groups (broad SMARTS) is 1. The lowest BCUT2D eigenvalue weighted by Gasteiger charge is -2.15. The summed E-state index contributed by atoms with van der Waals surface area (Å²) in [6.07, 6.45) is 2.49. The smallest absolute Gasteiger partial charge is 0.325 e. The van der Waals surface area contributed by atoms with Crippen molar-refractivity contribution in [1.29, 1.82) is 0 Å². The SMILES string of the molecule is CCCCc1nc(Cl)c(C(=O)N[C@@H](C)C(=O)O)n1Cc1ccc(-c2ccccc2/C(N)=N/N)cc1.O=[N+]([O-])OC1CO[C@@H]2CCO[C@H]12. The van der Waals surface area contributed by atoms with Crippen LogP contribution in [0.1, 0.15) is 60.5 Å². The Morgan fingerprint density at radius 1 is 1.26 bits per heavy atom. The summed E-state index contributed by atoms with van der Waals surface area (Å²) in [5.74, 6) is 4.57. The molecule has 16 heteroatoms. The fourth-order valence-electron chi connectivity index (χ4n) is 5.34. The van der Waals surface area contributed by atoms with Gasteiger partial charge in [0.25, 0.3) is 11.0 Å². The van der Waals surface area contributed by atoms with E-state index in [1.165, 1.54) is 6.92 Å². The molecule has 5 rings (SSSR count). The van der Waals surface area contributed by atoms with Crippen LogP contribution in [0.4, 0.5) is 0 Å². The third-order valence-electron chi connectivity index (χ3n) is 7.78. The lowest BCUT2D eigenvalue weighted by atomic mass is 9.98. The van der Waals surface area contributed by atoms with Crippen molar-refractivity contribution in [2.24, 2.45) is 16.7 Å². The van der Waals surface area contributed by atoms with E-state index >= 15 is 0 Å². The highest BCUT2D eigenvalue weighted by molar-refractivity contribution is 6.32. The van der Waals surface area contributed by atoms with Gasteiger partial charge in [-0.15, -0.1) is 10.1 Å². The molecule has 2 aliphatic heterocycles. The van der Waals surface area contributed by atoms with Crippen molar-refractivity contribution in [2.45, 2.75) is 70.4 Å². The zero-order valence-corrected chi connectivity index (χ0v) is 26.8. The number of unbranched alkanes of at least 4 members (excludes halogenated alkanes) is 1. The molecule has 1 amide bonds. The van der Waals surface area contributed by atoms with E-state index in [1.54, 1.807) is 4.57 Å². The lowest BCUT2D eigenvalue weighted by molar-refractivity contribution is -0.769. The molecule has 3 heterocycles. The average molecular weight is 672 g/mol. The van der Waals surface area contributed by atoms with Crippen LogP contribution in [0.3, 0.4) is 0 Å². The molecule has 2 fully saturated rings. The van der Waals surface area contributed by atoms with Gasteiger partial charge in [-0.05, 0) is 36.5 Å². The first-order valence-corrected chi connectivity index (χ1v) is 15.5. The van der Waals surface area contributed by atoms with E-state index in [2.05, 4.69) is 27.2 Å². The molecule has 47 heavy (non-hydrogen) atoms. The van der Waals surface area contributed by atoms with Crippen molar-refractivity contribution in [2.75, 3.05) is 13.2 Å². The molecular weight excluding hydrogens is 634 g/mol. The summed E-state index contributed by atoms with van der Waals surface area (Å²) in [6, 6.07) is 14.3. The van der Waals surface area contributed by atoms with Crippen LogP contribution in [0.5, 0.6) is 0 Å². The van der Waals surface area contributed by atoms with E-state index in [9.17, 15) is 24.8 Å². The Morgan fingerprint density at radius 2 is 1.98 bits per heavy atom. The summed E-state index contributed by atoms with van der Waals surface area (Å²) in [7, 11) is 0. The number of hydrogen-bond acceptors (Lipinski definition) is 10. The minimum Gasteiger partial charge on any atom is -0.480 e. The number of rotatable bonds is 12. The molecule has 0 radical (unpaired) electrons. The van der Waals surface area contributed by atoms with Gasteiger partial charge in [0.05, 0.1) is 12.7 Å². The van der Waals surface area contributed by atoms with Gasteiger partial charge in [0, 0.05) is 25.1 Å². The molecule has 1 unspecified atom stereocenters. The molecule has 2 saturated heterocycles. The van der Waals surface area contributed by atoms with Gasteiger partial charge in [-0.3, -0.25) is 9.59 Å². The Hall–Kier alpha value is -4.73. The summed E-state index contributed by atoms with van der Waals surface area (Å²) >= 11 is 6.35. The molecule has 0 spiro atoms. The Morgan fingerprint density at radius 3 is 2.64 bits per heavy atom. The van der Waals surface area contributed by atoms with Gasteiger partial charge in [-0.1, -0.05) is 73.5 Å². The maximum Gasteiger partial charge on any atom is 0.325 e. The van der Waals surface area contributed by atoms with Gasteiger partial charge in [-0.2, -0.15) is 5.10 Å². The molecular formula is C31H38ClN7O8. The number of amidine groups is 1. The molecule has 0 saturated carbocycles. The number of imidazole rings is 1. The number of fused-ring (bicyclic) bond motifs is 1. The molecule has 2 aliphatic rings. The molecule has 252 valence electrons.